The summed E-state index contributed by atoms with van der Waals surface area (Å²) in [5.74, 6) is -0.525. The molecule has 6 heteroatoms. The molecule has 0 atom stereocenters. The zero-order valence-corrected chi connectivity index (χ0v) is 14.3. The van der Waals surface area contributed by atoms with Crippen molar-refractivity contribution in [2.24, 2.45) is 0 Å². The summed E-state index contributed by atoms with van der Waals surface area (Å²) in [5, 5.41) is 8.50. The van der Waals surface area contributed by atoms with Gasteiger partial charge in [0.15, 0.2) is 0 Å². The second kappa shape index (κ2) is 6.32. The Morgan fingerprint density at radius 3 is 3.12 bits per heavy atom. The molecule has 0 radical (unpaired) electrons. The van der Waals surface area contributed by atoms with Gasteiger partial charge in [0.2, 0.25) is 0 Å². The van der Waals surface area contributed by atoms with Gasteiger partial charge >= 0.3 is 58.2 Å². The zero-order valence-electron chi connectivity index (χ0n) is 9.40. The molecule has 2 heterocycles. The molecule has 5 nitrogen and oxygen atoms in total. The topological polar surface area (TPSA) is 65.5 Å². The number of nitrogens with one attached hydrogen (secondary N) is 1. The van der Waals surface area contributed by atoms with E-state index in [1.807, 2.05) is 11.9 Å². The van der Waals surface area contributed by atoms with Crippen molar-refractivity contribution in [3.63, 3.8) is 0 Å². The summed E-state index contributed by atoms with van der Waals surface area (Å²) in [7, 11) is 1.97. The quantitative estimate of drug-likeness (QED) is 0.337. The monoisotopic (exact) mass is 291 g/mol. The molecule has 1 aliphatic rings. The van der Waals surface area contributed by atoms with E-state index in [1.165, 1.54) is 6.20 Å². The van der Waals surface area contributed by atoms with Crippen molar-refractivity contribution in [1.29, 1.82) is 0 Å². The summed E-state index contributed by atoms with van der Waals surface area (Å²) in [6.45, 7) is 2.80. The first-order valence-corrected chi connectivity index (χ1v) is 4.66. The number of hydroxylamine groups is 1. The van der Waals surface area contributed by atoms with Gasteiger partial charge in [-0.3, -0.25) is 21.5 Å². The van der Waals surface area contributed by atoms with E-state index in [-0.39, 0.29) is 58.2 Å². The van der Waals surface area contributed by atoms with Crippen LogP contribution in [0.25, 0.3) is 0 Å². The molecule has 1 aromatic rings. The number of likely N-dealkylation sites (N-methyl/N-ethyl adjacent to an activating group) is 1. The van der Waals surface area contributed by atoms with E-state index in [4.69, 9.17) is 5.21 Å². The van der Waals surface area contributed by atoms with Gasteiger partial charge in [-0.1, -0.05) is 0 Å². The van der Waals surface area contributed by atoms with Crippen LogP contribution in [0.1, 0.15) is 21.6 Å². The standard InChI is InChI=1S/C10H12N3O2.Rb/c1-13-3-2-9-8(6-13)4-7(5-11-9)10(14)12-15;/h3-5,15H,2,6H2,1H3,(H,12,14);/q-1;+1. The molecule has 0 aliphatic carbocycles. The Morgan fingerprint density at radius 1 is 1.69 bits per heavy atom. The van der Waals surface area contributed by atoms with Crippen molar-refractivity contribution in [2.45, 2.75) is 13.0 Å². The van der Waals surface area contributed by atoms with E-state index in [2.05, 4.69) is 11.5 Å². The molecule has 2 N–H and O–H groups in total. The van der Waals surface area contributed by atoms with Crippen molar-refractivity contribution in [1.82, 2.24) is 15.4 Å². The minimum absolute atomic E-state index is 0. The Kier molecular flexibility index (Phi) is 5.69. The maximum Gasteiger partial charge on any atom is 1.00 e. The molecule has 0 aromatic carbocycles. The molecule has 16 heavy (non-hydrogen) atoms. The van der Waals surface area contributed by atoms with Gasteiger partial charge in [0, 0.05) is 11.9 Å². The van der Waals surface area contributed by atoms with Crippen molar-refractivity contribution < 1.29 is 68.2 Å². The molecule has 0 bridgehead atoms. The molecule has 0 spiro atoms. The summed E-state index contributed by atoms with van der Waals surface area (Å²) < 4.78 is 0. The number of carbonyl (C=O) groups is 1. The largest absolute Gasteiger partial charge is 1.00 e. The number of pyridine rings is 1. The first-order chi connectivity index (χ1) is 7.20. The third-order valence-electron chi connectivity index (χ3n) is 2.44. The van der Waals surface area contributed by atoms with E-state index in [9.17, 15) is 4.79 Å². The van der Waals surface area contributed by atoms with Gasteiger partial charge < -0.3 is 4.90 Å². The first kappa shape index (κ1) is 14.4. The Labute approximate surface area is 143 Å². The number of amides is 1. The Bertz CT molecular complexity index is 398. The van der Waals surface area contributed by atoms with E-state index >= 15 is 0 Å². The zero-order chi connectivity index (χ0) is 10.8. The SMILES string of the molecule is CN1[CH-]Cc2ncc(C(=O)NO)cc2C1.[Rb+]. The van der Waals surface area contributed by atoms with Crippen LogP contribution in [0.5, 0.6) is 0 Å². The molecule has 1 aliphatic heterocycles. The first-order valence-electron chi connectivity index (χ1n) is 4.66. The number of fused-ring (bicyclic) bond motifs is 1. The van der Waals surface area contributed by atoms with Gasteiger partial charge in [0.05, 0.1) is 5.56 Å². The fourth-order valence-electron chi connectivity index (χ4n) is 1.62. The predicted molar refractivity (Wildman–Crippen MR) is 53.0 cm³/mol. The summed E-state index contributed by atoms with van der Waals surface area (Å²) in [6, 6.07) is 1.76. The van der Waals surface area contributed by atoms with Crippen LogP contribution in [0.4, 0.5) is 0 Å². The van der Waals surface area contributed by atoms with E-state index in [0.717, 1.165) is 24.2 Å². The number of aromatic nitrogens is 1. The van der Waals surface area contributed by atoms with Crippen LogP contribution in [-0.4, -0.2) is 28.0 Å². The molecule has 1 amide bonds. The number of hydrogen-bond donors (Lipinski definition) is 2. The molecule has 0 saturated carbocycles. The molecule has 0 unspecified atom stereocenters. The maximum atomic E-state index is 11.2. The molecule has 0 saturated heterocycles. The fraction of sp³-hybridized carbons (Fsp3) is 0.300. The number of hydrogen-bond acceptors (Lipinski definition) is 4. The molecular weight excluding hydrogens is 280 g/mol. The second-order valence-corrected chi connectivity index (χ2v) is 3.57. The molecule has 0 fully saturated rings. The van der Waals surface area contributed by atoms with Crippen LogP contribution in [0, 0.1) is 6.54 Å². The van der Waals surface area contributed by atoms with E-state index in [0.29, 0.717) is 5.56 Å². The van der Waals surface area contributed by atoms with Crippen molar-refractivity contribution in [2.75, 3.05) is 7.05 Å². The normalized spacial score (nSPS) is 14.9. The third-order valence-corrected chi connectivity index (χ3v) is 2.44. The second-order valence-electron chi connectivity index (χ2n) is 3.57. The van der Waals surface area contributed by atoms with Crippen molar-refractivity contribution in [3.8, 4) is 0 Å². The van der Waals surface area contributed by atoms with Crippen LogP contribution in [-0.2, 0) is 13.0 Å². The van der Waals surface area contributed by atoms with Gasteiger partial charge in [-0.25, -0.2) is 5.48 Å². The van der Waals surface area contributed by atoms with Gasteiger partial charge in [0.1, 0.15) is 0 Å². The van der Waals surface area contributed by atoms with Gasteiger partial charge in [0.25, 0.3) is 5.91 Å². The number of rotatable bonds is 1. The molecule has 1 aromatic heterocycles. The minimum Gasteiger partial charge on any atom is -0.455 e. The summed E-state index contributed by atoms with van der Waals surface area (Å²) >= 11 is 0. The van der Waals surface area contributed by atoms with Crippen LogP contribution < -0.4 is 63.7 Å². The van der Waals surface area contributed by atoms with Crippen molar-refractivity contribution >= 4 is 5.91 Å². The maximum absolute atomic E-state index is 11.2. The van der Waals surface area contributed by atoms with Crippen LogP contribution in [0.3, 0.4) is 0 Å². The van der Waals surface area contributed by atoms with Crippen LogP contribution in [0.15, 0.2) is 12.3 Å². The Balaban J connectivity index is 0.00000128. The van der Waals surface area contributed by atoms with E-state index < -0.39 is 5.91 Å². The molecule has 80 valence electrons. The average Bonchev–Trinajstić information content (AvgIpc) is 2.27. The van der Waals surface area contributed by atoms with Gasteiger partial charge in [-0.2, -0.15) is 0 Å². The van der Waals surface area contributed by atoms with Crippen LogP contribution in [0.2, 0.25) is 0 Å². The number of carbonyl (C=O) groups excluding carboxylic acids is 1. The van der Waals surface area contributed by atoms with E-state index in [1.54, 1.807) is 11.5 Å². The molecular formula is C10H12N3O2Rb. The molecule has 2 rings (SSSR count). The smallest absolute Gasteiger partial charge is 0.455 e. The predicted octanol–water partition coefficient (Wildman–Crippen LogP) is -2.65. The Hall–Kier alpha value is 0.345. The summed E-state index contributed by atoms with van der Waals surface area (Å²) in [6.07, 6.45) is 2.26. The fourth-order valence-corrected chi connectivity index (χ4v) is 1.62. The van der Waals surface area contributed by atoms with Gasteiger partial charge in [-0.05, 0) is 25.2 Å². The average molecular weight is 292 g/mol. The minimum atomic E-state index is -0.525. The summed E-state index contributed by atoms with van der Waals surface area (Å²) in [4.78, 5) is 17.4. The number of nitrogens with zero attached hydrogens (tertiary/aromatic N) is 2. The van der Waals surface area contributed by atoms with Crippen molar-refractivity contribution in [3.05, 3.63) is 35.6 Å². The Morgan fingerprint density at radius 2 is 2.44 bits per heavy atom. The third kappa shape index (κ3) is 3.18. The summed E-state index contributed by atoms with van der Waals surface area (Å²) in [5.41, 5.74) is 4.00. The van der Waals surface area contributed by atoms with Gasteiger partial charge in [-0.15, -0.1) is 6.42 Å². The van der Waals surface area contributed by atoms with Crippen LogP contribution >= 0.6 is 0 Å².